The molecule has 0 saturated heterocycles. The van der Waals surface area contributed by atoms with Crippen molar-refractivity contribution < 1.29 is 0 Å². The van der Waals surface area contributed by atoms with Crippen LogP contribution in [-0.4, -0.2) is 13.6 Å². The molecule has 2 aliphatic carbocycles. The Morgan fingerprint density at radius 2 is 1.89 bits per heavy atom. The van der Waals surface area contributed by atoms with Gasteiger partial charge in [0.05, 0.1) is 0 Å². The molecule has 1 nitrogen and oxygen atoms in total. The van der Waals surface area contributed by atoms with Gasteiger partial charge in [0, 0.05) is 0 Å². The molecule has 1 N–H and O–H groups in total. The van der Waals surface area contributed by atoms with Crippen LogP contribution in [0.25, 0.3) is 0 Å². The number of benzene rings is 1. The molecule has 1 aromatic rings. The Labute approximate surface area is 111 Å². The summed E-state index contributed by atoms with van der Waals surface area (Å²) < 4.78 is 0. The van der Waals surface area contributed by atoms with Gasteiger partial charge in [-0.3, -0.25) is 0 Å². The number of hydrogen-bond acceptors (Lipinski definition) is 1. The van der Waals surface area contributed by atoms with E-state index in [-0.39, 0.29) is 0 Å². The summed E-state index contributed by atoms with van der Waals surface area (Å²) in [5, 5.41) is 3.39. The van der Waals surface area contributed by atoms with Crippen molar-refractivity contribution in [3.63, 3.8) is 0 Å². The number of nitrogens with one attached hydrogen (secondary N) is 1. The standard InChI is InChI=1S/C17H25N/c1-18-12-16-5-2-3-8-17(16)15-10-9-13-6-4-7-14(13)11-15/h9-11,16-18H,2-8,12H2,1H3. The lowest BCUT2D eigenvalue weighted by molar-refractivity contribution is 0.301. The summed E-state index contributed by atoms with van der Waals surface area (Å²) in [6.07, 6.45) is 9.62. The predicted octanol–water partition coefficient (Wildman–Crippen LogP) is 3.67. The summed E-state index contributed by atoms with van der Waals surface area (Å²) in [5.74, 6) is 1.65. The monoisotopic (exact) mass is 243 g/mol. The summed E-state index contributed by atoms with van der Waals surface area (Å²) >= 11 is 0. The van der Waals surface area contributed by atoms with Crippen molar-refractivity contribution in [2.24, 2.45) is 5.92 Å². The lowest BCUT2D eigenvalue weighted by Gasteiger charge is -2.32. The third kappa shape index (κ3) is 2.33. The van der Waals surface area contributed by atoms with Gasteiger partial charge in [0.15, 0.2) is 0 Å². The first-order valence-corrected chi connectivity index (χ1v) is 7.65. The first kappa shape index (κ1) is 12.2. The predicted molar refractivity (Wildman–Crippen MR) is 77.1 cm³/mol. The molecule has 18 heavy (non-hydrogen) atoms. The van der Waals surface area contributed by atoms with Crippen molar-refractivity contribution in [2.45, 2.75) is 50.9 Å². The highest BCUT2D eigenvalue weighted by Crippen LogP contribution is 2.38. The summed E-state index contributed by atoms with van der Waals surface area (Å²) in [6, 6.07) is 7.35. The highest BCUT2D eigenvalue weighted by Gasteiger charge is 2.26. The van der Waals surface area contributed by atoms with E-state index in [1.165, 1.54) is 51.5 Å². The fourth-order valence-corrected chi connectivity index (χ4v) is 3.98. The SMILES string of the molecule is CNCC1CCCCC1c1ccc2c(c1)CCC2. The largest absolute Gasteiger partial charge is 0.319 e. The normalized spacial score (nSPS) is 27.2. The third-order valence-corrected chi connectivity index (χ3v) is 4.93. The first-order valence-electron chi connectivity index (χ1n) is 7.65. The molecule has 0 aromatic heterocycles. The van der Waals surface area contributed by atoms with Gasteiger partial charge in [-0.1, -0.05) is 31.0 Å². The van der Waals surface area contributed by atoms with Crippen LogP contribution in [0.4, 0.5) is 0 Å². The molecule has 0 bridgehead atoms. The second-order valence-electron chi connectivity index (χ2n) is 6.09. The van der Waals surface area contributed by atoms with Gasteiger partial charge < -0.3 is 5.32 Å². The van der Waals surface area contributed by atoms with Gasteiger partial charge in [-0.2, -0.15) is 0 Å². The van der Waals surface area contributed by atoms with Crippen LogP contribution in [0, 0.1) is 5.92 Å². The summed E-state index contributed by atoms with van der Waals surface area (Å²) in [4.78, 5) is 0. The van der Waals surface area contributed by atoms with E-state index in [0.717, 1.165) is 11.8 Å². The van der Waals surface area contributed by atoms with E-state index in [1.807, 2.05) is 0 Å². The van der Waals surface area contributed by atoms with E-state index in [2.05, 4.69) is 30.6 Å². The first-order chi connectivity index (χ1) is 8.88. The second kappa shape index (κ2) is 5.44. The number of rotatable bonds is 3. The zero-order valence-electron chi connectivity index (χ0n) is 11.5. The Balaban J connectivity index is 1.83. The number of fused-ring (bicyclic) bond motifs is 1. The molecule has 0 spiro atoms. The van der Waals surface area contributed by atoms with Crippen LogP contribution in [0.1, 0.15) is 54.7 Å². The highest BCUT2D eigenvalue weighted by molar-refractivity contribution is 5.37. The van der Waals surface area contributed by atoms with Crippen LogP contribution < -0.4 is 5.32 Å². The Bertz CT molecular complexity index is 408. The van der Waals surface area contributed by atoms with Gasteiger partial charge in [-0.15, -0.1) is 0 Å². The Hall–Kier alpha value is -0.820. The fraction of sp³-hybridized carbons (Fsp3) is 0.647. The van der Waals surface area contributed by atoms with Crippen molar-refractivity contribution >= 4 is 0 Å². The highest BCUT2D eigenvalue weighted by atomic mass is 14.8. The molecule has 98 valence electrons. The van der Waals surface area contributed by atoms with Crippen molar-refractivity contribution in [3.05, 3.63) is 34.9 Å². The van der Waals surface area contributed by atoms with Crippen LogP contribution in [0.5, 0.6) is 0 Å². The average Bonchev–Trinajstić information content (AvgIpc) is 2.87. The van der Waals surface area contributed by atoms with E-state index in [0.29, 0.717) is 0 Å². The molecule has 3 rings (SSSR count). The quantitative estimate of drug-likeness (QED) is 0.854. The molecule has 1 heteroatoms. The molecular formula is C17H25N. The van der Waals surface area contributed by atoms with Crippen molar-refractivity contribution in [1.29, 1.82) is 0 Å². The minimum Gasteiger partial charge on any atom is -0.319 e. The van der Waals surface area contributed by atoms with Crippen LogP contribution in [0.2, 0.25) is 0 Å². The summed E-state index contributed by atoms with van der Waals surface area (Å²) in [5.41, 5.74) is 4.87. The average molecular weight is 243 g/mol. The Morgan fingerprint density at radius 3 is 2.78 bits per heavy atom. The minimum absolute atomic E-state index is 0.803. The lowest BCUT2D eigenvalue weighted by atomic mass is 9.75. The number of hydrogen-bond donors (Lipinski definition) is 1. The van der Waals surface area contributed by atoms with Crippen molar-refractivity contribution in [2.75, 3.05) is 13.6 Å². The van der Waals surface area contributed by atoms with Crippen molar-refractivity contribution in [1.82, 2.24) is 5.32 Å². The smallest absolute Gasteiger partial charge is 0.00177 e. The van der Waals surface area contributed by atoms with Gasteiger partial charge >= 0.3 is 0 Å². The number of aryl methyl sites for hydroxylation is 2. The van der Waals surface area contributed by atoms with Crippen LogP contribution >= 0.6 is 0 Å². The van der Waals surface area contributed by atoms with Gasteiger partial charge in [0.1, 0.15) is 0 Å². The summed E-state index contributed by atoms with van der Waals surface area (Å²) in [7, 11) is 2.09. The maximum absolute atomic E-state index is 3.39. The van der Waals surface area contributed by atoms with E-state index in [9.17, 15) is 0 Å². The van der Waals surface area contributed by atoms with E-state index in [1.54, 1.807) is 16.7 Å². The maximum atomic E-state index is 3.39. The van der Waals surface area contributed by atoms with Gasteiger partial charge in [0.2, 0.25) is 0 Å². The molecule has 0 aliphatic heterocycles. The molecule has 2 atom stereocenters. The molecule has 0 radical (unpaired) electrons. The van der Waals surface area contributed by atoms with Crippen LogP contribution in [0.3, 0.4) is 0 Å². The van der Waals surface area contributed by atoms with Crippen molar-refractivity contribution in [3.8, 4) is 0 Å². The second-order valence-corrected chi connectivity index (χ2v) is 6.09. The molecule has 0 amide bonds. The molecule has 1 aromatic carbocycles. The molecule has 0 heterocycles. The molecule has 2 aliphatic rings. The van der Waals surface area contributed by atoms with Crippen LogP contribution in [0.15, 0.2) is 18.2 Å². The van der Waals surface area contributed by atoms with Gasteiger partial charge in [-0.25, -0.2) is 0 Å². The van der Waals surface area contributed by atoms with E-state index in [4.69, 9.17) is 0 Å². The van der Waals surface area contributed by atoms with Crippen LogP contribution in [-0.2, 0) is 12.8 Å². The maximum Gasteiger partial charge on any atom is -0.00177 e. The molecular weight excluding hydrogens is 218 g/mol. The lowest BCUT2D eigenvalue weighted by Crippen LogP contribution is -2.27. The topological polar surface area (TPSA) is 12.0 Å². The zero-order valence-corrected chi connectivity index (χ0v) is 11.5. The Kier molecular flexibility index (Phi) is 3.69. The van der Waals surface area contributed by atoms with E-state index < -0.39 is 0 Å². The fourth-order valence-electron chi connectivity index (χ4n) is 3.98. The Morgan fingerprint density at radius 1 is 1.06 bits per heavy atom. The van der Waals surface area contributed by atoms with Gasteiger partial charge in [-0.05, 0) is 74.2 Å². The van der Waals surface area contributed by atoms with Gasteiger partial charge in [0.25, 0.3) is 0 Å². The molecule has 2 unspecified atom stereocenters. The molecule has 1 fully saturated rings. The third-order valence-electron chi connectivity index (χ3n) is 4.93. The zero-order chi connectivity index (χ0) is 12.4. The molecule has 1 saturated carbocycles. The summed E-state index contributed by atoms with van der Waals surface area (Å²) in [6.45, 7) is 1.18. The minimum atomic E-state index is 0.803. The van der Waals surface area contributed by atoms with E-state index >= 15 is 0 Å².